The first-order valence-corrected chi connectivity index (χ1v) is 6.58. The molecule has 84 valence electrons. The zero-order valence-corrected chi connectivity index (χ0v) is 10.3. The number of benzene rings is 1. The van der Waals surface area contributed by atoms with Gasteiger partial charge < -0.3 is 0 Å². The molecule has 1 aromatic rings. The fourth-order valence-electron chi connectivity index (χ4n) is 1.08. The topological polar surface area (TPSA) is 34.1 Å². The molecule has 0 radical (unpaired) electrons. The van der Waals surface area contributed by atoms with Crippen LogP contribution in [0.4, 0.5) is 8.78 Å². The van der Waals surface area contributed by atoms with Gasteiger partial charge in [0.1, 0.15) is 0 Å². The second-order valence-corrected chi connectivity index (χ2v) is 6.03. The highest BCUT2D eigenvalue weighted by atomic mass is 79.9. The number of aryl methyl sites for hydroxylation is 1. The van der Waals surface area contributed by atoms with Gasteiger partial charge in [-0.2, -0.15) is 8.78 Å². The number of hydrogen-bond acceptors (Lipinski definition) is 2. The lowest BCUT2D eigenvalue weighted by atomic mass is 10.1. The first-order chi connectivity index (χ1) is 6.83. The van der Waals surface area contributed by atoms with E-state index >= 15 is 0 Å². The molecule has 0 aliphatic rings. The molecule has 0 saturated heterocycles. The quantitative estimate of drug-likeness (QED) is 0.860. The summed E-state index contributed by atoms with van der Waals surface area (Å²) in [5.74, 6) is -3.95. The molecule has 15 heavy (non-hydrogen) atoms. The van der Waals surface area contributed by atoms with E-state index in [1.54, 1.807) is 19.1 Å². The summed E-state index contributed by atoms with van der Waals surface area (Å²) in [5.41, 5.74) is 1.08. The molecule has 0 saturated carbocycles. The fourth-order valence-corrected chi connectivity index (χ4v) is 2.35. The van der Waals surface area contributed by atoms with Gasteiger partial charge in [-0.1, -0.05) is 22.0 Å². The molecule has 2 nitrogen and oxygen atoms in total. The minimum absolute atomic E-state index is 0.393. The van der Waals surface area contributed by atoms with Crippen LogP contribution in [0.15, 0.2) is 22.7 Å². The number of alkyl halides is 2. The van der Waals surface area contributed by atoms with Gasteiger partial charge in [0.25, 0.3) is 0 Å². The number of rotatable bonds is 3. The van der Waals surface area contributed by atoms with Gasteiger partial charge in [-0.15, -0.1) is 0 Å². The van der Waals surface area contributed by atoms with Crippen LogP contribution in [-0.4, -0.2) is 14.2 Å². The van der Waals surface area contributed by atoms with Crippen molar-refractivity contribution in [1.82, 2.24) is 0 Å². The van der Waals surface area contributed by atoms with Gasteiger partial charge in [0.05, 0.1) is 5.75 Å². The minimum atomic E-state index is -4.34. The van der Waals surface area contributed by atoms with Gasteiger partial charge in [0.15, 0.2) is 0 Å². The van der Waals surface area contributed by atoms with Crippen molar-refractivity contribution in [2.24, 2.45) is 0 Å². The molecule has 0 atom stereocenters. The highest BCUT2D eigenvalue weighted by Crippen LogP contribution is 2.20. The Morgan fingerprint density at radius 1 is 1.40 bits per heavy atom. The summed E-state index contributed by atoms with van der Waals surface area (Å²) in [6.07, 6.45) is 0. The zero-order valence-electron chi connectivity index (χ0n) is 7.88. The van der Waals surface area contributed by atoms with Crippen molar-refractivity contribution in [3.05, 3.63) is 33.8 Å². The smallest absolute Gasteiger partial charge is 0.223 e. The van der Waals surface area contributed by atoms with Crippen LogP contribution in [0.1, 0.15) is 11.1 Å². The summed E-state index contributed by atoms with van der Waals surface area (Å²) in [6, 6.07) is 4.95. The van der Waals surface area contributed by atoms with E-state index < -0.39 is 21.3 Å². The Kier molecular flexibility index (Phi) is 3.83. The molecule has 0 amide bonds. The van der Waals surface area contributed by atoms with Crippen molar-refractivity contribution in [2.75, 3.05) is 0 Å². The van der Waals surface area contributed by atoms with Crippen LogP contribution in [-0.2, 0) is 15.6 Å². The third kappa shape index (κ3) is 3.24. The maximum absolute atomic E-state index is 12.1. The largest absolute Gasteiger partial charge is 0.337 e. The van der Waals surface area contributed by atoms with Crippen LogP contribution in [0.3, 0.4) is 0 Å². The lowest BCUT2D eigenvalue weighted by Gasteiger charge is -2.06. The summed E-state index contributed by atoms with van der Waals surface area (Å²) < 4.78 is 46.9. The molecule has 0 heterocycles. The Morgan fingerprint density at radius 3 is 2.53 bits per heavy atom. The van der Waals surface area contributed by atoms with E-state index in [0.717, 1.165) is 0 Å². The van der Waals surface area contributed by atoms with Crippen LogP contribution >= 0.6 is 15.9 Å². The SMILES string of the molecule is Cc1ccc(Br)cc1CS(=O)(=O)C(F)F. The van der Waals surface area contributed by atoms with Crippen LogP contribution < -0.4 is 0 Å². The second kappa shape index (κ2) is 4.57. The Morgan fingerprint density at radius 2 is 2.00 bits per heavy atom. The average molecular weight is 299 g/mol. The number of hydrogen-bond donors (Lipinski definition) is 0. The van der Waals surface area contributed by atoms with Crippen molar-refractivity contribution in [3.63, 3.8) is 0 Å². The van der Waals surface area contributed by atoms with Gasteiger partial charge in [-0.3, -0.25) is 0 Å². The van der Waals surface area contributed by atoms with Crippen LogP contribution in [0.5, 0.6) is 0 Å². The number of halogens is 3. The lowest BCUT2D eigenvalue weighted by Crippen LogP contribution is -2.14. The Hall–Kier alpha value is -0.490. The predicted molar refractivity (Wildman–Crippen MR) is 57.5 cm³/mol. The van der Waals surface area contributed by atoms with Crippen LogP contribution in [0.2, 0.25) is 0 Å². The van der Waals surface area contributed by atoms with Crippen molar-refractivity contribution in [1.29, 1.82) is 0 Å². The molecule has 0 bridgehead atoms. The summed E-state index contributed by atoms with van der Waals surface area (Å²) in [6.45, 7) is 1.68. The van der Waals surface area contributed by atoms with Crippen molar-refractivity contribution < 1.29 is 17.2 Å². The van der Waals surface area contributed by atoms with E-state index in [4.69, 9.17) is 0 Å². The molecule has 0 spiro atoms. The van der Waals surface area contributed by atoms with E-state index in [1.807, 2.05) is 0 Å². The summed E-state index contributed by atoms with van der Waals surface area (Å²) >= 11 is 3.16. The van der Waals surface area contributed by atoms with Gasteiger partial charge in [-0.25, -0.2) is 8.42 Å². The van der Waals surface area contributed by atoms with Gasteiger partial charge in [-0.05, 0) is 30.2 Å². The maximum atomic E-state index is 12.1. The van der Waals surface area contributed by atoms with Crippen molar-refractivity contribution in [2.45, 2.75) is 18.4 Å². The van der Waals surface area contributed by atoms with E-state index in [9.17, 15) is 17.2 Å². The standard InChI is InChI=1S/C9H9BrF2O2S/c1-6-2-3-8(10)4-7(6)5-15(13,14)9(11)12/h2-4,9H,5H2,1H3. The highest BCUT2D eigenvalue weighted by molar-refractivity contribution is 9.10. The third-order valence-electron chi connectivity index (χ3n) is 1.94. The van der Waals surface area contributed by atoms with Crippen LogP contribution in [0, 0.1) is 6.92 Å². The molecule has 0 aliphatic heterocycles. The summed E-state index contributed by atoms with van der Waals surface area (Å²) in [4.78, 5) is 0. The van der Waals surface area contributed by atoms with E-state index in [0.29, 0.717) is 15.6 Å². The molecule has 0 aliphatic carbocycles. The van der Waals surface area contributed by atoms with E-state index in [2.05, 4.69) is 15.9 Å². The highest BCUT2D eigenvalue weighted by Gasteiger charge is 2.24. The Bertz CT molecular complexity index is 457. The normalized spacial score (nSPS) is 12.1. The lowest BCUT2D eigenvalue weighted by molar-refractivity contribution is 0.234. The maximum Gasteiger partial charge on any atom is 0.337 e. The molecule has 0 aromatic heterocycles. The molecule has 0 fully saturated rings. The summed E-state index contributed by atoms with van der Waals surface area (Å²) in [5, 5.41) is 0. The van der Waals surface area contributed by atoms with Gasteiger partial charge in [0.2, 0.25) is 9.84 Å². The molecule has 1 rings (SSSR count). The van der Waals surface area contributed by atoms with Gasteiger partial charge >= 0.3 is 5.76 Å². The van der Waals surface area contributed by atoms with E-state index in [1.165, 1.54) is 6.07 Å². The summed E-state index contributed by atoms with van der Waals surface area (Å²) in [7, 11) is -4.34. The third-order valence-corrected chi connectivity index (χ3v) is 3.69. The molecular formula is C9H9BrF2O2S. The molecule has 0 unspecified atom stereocenters. The molecule has 6 heteroatoms. The van der Waals surface area contributed by atoms with Crippen molar-refractivity contribution in [3.8, 4) is 0 Å². The first-order valence-electron chi connectivity index (χ1n) is 4.07. The van der Waals surface area contributed by atoms with Crippen molar-refractivity contribution >= 4 is 25.8 Å². The average Bonchev–Trinajstić information content (AvgIpc) is 2.10. The van der Waals surface area contributed by atoms with E-state index in [-0.39, 0.29) is 0 Å². The fraction of sp³-hybridized carbons (Fsp3) is 0.333. The molecular weight excluding hydrogens is 290 g/mol. The second-order valence-electron chi connectivity index (χ2n) is 3.14. The number of sulfone groups is 1. The Labute approximate surface area is 95.4 Å². The zero-order chi connectivity index (χ0) is 11.6. The molecule has 0 N–H and O–H groups in total. The van der Waals surface area contributed by atoms with Crippen LogP contribution in [0.25, 0.3) is 0 Å². The monoisotopic (exact) mass is 298 g/mol. The Balaban J connectivity index is 3.05. The first kappa shape index (κ1) is 12.6. The van der Waals surface area contributed by atoms with Gasteiger partial charge in [0, 0.05) is 4.47 Å². The predicted octanol–water partition coefficient (Wildman–Crippen LogP) is 2.89. The molecule has 1 aromatic carbocycles. The minimum Gasteiger partial charge on any atom is -0.223 e.